The van der Waals surface area contributed by atoms with Crippen molar-refractivity contribution in [2.24, 2.45) is 0 Å². The van der Waals surface area contributed by atoms with Crippen LogP contribution < -0.4 is 5.32 Å². The molecule has 23 heavy (non-hydrogen) atoms. The van der Waals surface area contributed by atoms with Gasteiger partial charge in [0.15, 0.2) is 0 Å². The van der Waals surface area contributed by atoms with Crippen molar-refractivity contribution in [3.63, 3.8) is 0 Å². The molecule has 0 atom stereocenters. The summed E-state index contributed by atoms with van der Waals surface area (Å²) in [5.74, 6) is 0. The molecule has 132 valence electrons. The lowest BCUT2D eigenvalue weighted by atomic mass is 9.81. The Labute approximate surface area is 142 Å². The number of amides is 1. The highest BCUT2D eigenvalue weighted by Gasteiger charge is 2.44. The molecule has 0 aliphatic carbocycles. The summed E-state index contributed by atoms with van der Waals surface area (Å²) in [4.78, 5) is 14.1. The Balaban J connectivity index is 0.00000112. The van der Waals surface area contributed by atoms with Crippen LogP contribution in [0, 0.1) is 0 Å². The first-order valence-electron chi connectivity index (χ1n) is 8.80. The lowest BCUT2D eigenvalue weighted by Crippen LogP contribution is -2.52. The van der Waals surface area contributed by atoms with Gasteiger partial charge in [0.1, 0.15) is 5.60 Å². The zero-order valence-corrected chi connectivity index (χ0v) is 15.9. The van der Waals surface area contributed by atoms with Crippen LogP contribution in [0.3, 0.4) is 0 Å². The molecule has 4 heteroatoms. The Hall–Kier alpha value is -1.55. The molecular formula is C19H34N2O2. The lowest BCUT2D eigenvalue weighted by Gasteiger charge is -2.43. The van der Waals surface area contributed by atoms with Gasteiger partial charge in [0.2, 0.25) is 0 Å². The van der Waals surface area contributed by atoms with Gasteiger partial charge in [-0.2, -0.15) is 0 Å². The van der Waals surface area contributed by atoms with Gasteiger partial charge in [0.05, 0.1) is 5.70 Å². The second-order valence-corrected chi connectivity index (χ2v) is 5.14. The van der Waals surface area contributed by atoms with Crippen molar-refractivity contribution in [2.45, 2.75) is 60.0 Å². The van der Waals surface area contributed by atoms with Crippen molar-refractivity contribution in [3.05, 3.63) is 35.6 Å². The number of nitrogens with zero attached hydrogens (tertiary/aromatic N) is 1. The minimum atomic E-state index is -0.462. The molecule has 1 N–H and O–H groups in total. The molecule has 1 saturated heterocycles. The van der Waals surface area contributed by atoms with E-state index in [0.29, 0.717) is 0 Å². The number of piperidine rings is 1. The molecule has 2 rings (SSSR count). The fraction of sp³-hybridized carbons (Fsp3) is 0.632. The van der Waals surface area contributed by atoms with Crippen molar-refractivity contribution in [2.75, 3.05) is 20.1 Å². The normalized spacial score (nSPS) is 20.6. The Kier molecular flexibility index (Phi) is 10.3. The summed E-state index contributed by atoms with van der Waals surface area (Å²) in [6.07, 6.45) is 9.28. The Morgan fingerprint density at radius 1 is 1.04 bits per heavy atom. The van der Waals surface area contributed by atoms with Crippen LogP contribution in [0.2, 0.25) is 0 Å². The molecular weight excluding hydrogens is 288 g/mol. The van der Waals surface area contributed by atoms with Crippen molar-refractivity contribution in [1.29, 1.82) is 0 Å². The molecule has 2 aliphatic heterocycles. The quantitative estimate of drug-likeness (QED) is 0.804. The monoisotopic (exact) mass is 322 g/mol. The number of rotatable bonds is 2. The third-order valence-electron chi connectivity index (χ3n) is 3.77. The maximum absolute atomic E-state index is 11.8. The maximum Gasteiger partial charge on any atom is 0.412 e. The van der Waals surface area contributed by atoms with Crippen LogP contribution in [0.5, 0.6) is 0 Å². The van der Waals surface area contributed by atoms with E-state index in [1.807, 2.05) is 59.8 Å². The standard InChI is InChI=1S/C15H22N2O2.2C2H6/c1-4-6-12-13(7-5-2)16-14(18)19-15(12)8-10-17(3)11-9-15;2*1-2/h4-7H,8-11H2,1-3H3,(H,16,18);2*1-2H3/b6-4-,7-5-;;. The van der Waals surface area contributed by atoms with Gasteiger partial charge in [0, 0.05) is 31.5 Å². The average molecular weight is 322 g/mol. The molecule has 0 aromatic rings. The molecule has 0 bridgehead atoms. The number of hydrogen-bond donors (Lipinski definition) is 1. The number of allylic oxidation sites excluding steroid dienone is 3. The molecule has 2 aliphatic rings. The van der Waals surface area contributed by atoms with Crippen molar-refractivity contribution >= 4 is 6.09 Å². The molecule has 2 heterocycles. The SMILES string of the molecule is C/C=C\C1=C(/C=C\C)C2(CCN(C)CC2)OC(=O)N1.CC.CC. The molecule has 0 aromatic heterocycles. The summed E-state index contributed by atoms with van der Waals surface area (Å²) in [6.45, 7) is 13.8. The van der Waals surface area contributed by atoms with E-state index in [2.05, 4.69) is 23.3 Å². The number of ether oxygens (including phenoxy) is 1. The molecule has 0 unspecified atom stereocenters. The Morgan fingerprint density at radius 2 is 1.57 bits per heavy atom. The van der Waals surface area contributed by atoms with E-state index in [1.54, 1.807) is 0 Å². The fourth-order valence-electron chi connectivity index (χ4n) is 2.74. The van der Waals surface area contributed by atoms with Gasteiger partial charge in [-0.05, 0) is 27.0 Å². The van der Waals surface area contributed by atoms with Crippen LogP contribution in [0.25, 0.3) is 0 Å². The molecule has 1 spiro atoms. The number of alkyl carbamates (subject to hydrolysis) is 1. The van der Waals surface area contributed by atoms with Gasteiger partial charge < -0.3 is 9.64 Å². The first-order chi connectivity index (χ1) is 11.1. The first-order valence-corrected chi connectivity index (χ1v) is 8.80. The van der Waals surface area contributed by atoms with Gasteiger partial charge >= 0.3 is 6.09 Å². The number of carbonyl (C=O) groups is 1. The highest BCUT2D eigenvalue weighted by molar-refractivity contribution is 5.74. The molecule has 1 fully saturated rings. The maximum atomic E-state index is 11.8. The third-order valence-corrected chi connectivity index (χ3v) is 3.77. The van der Waals surface area contributed by atoms with Crippen LogP contribution >= 0.6 is 0 Å². The zero-order valence-electron chi connectivity index (χ0n) is 15.9. The average Bonchev–Trinajstić information content (AvgIpc) is 2.58. The summed E-state index contributed by atoms with van der Waals surface area (Å²) < 4.78 is 5.69. The Bertz CT molecular complexity index is 442. The summed E-state index contributed by atoms with van der Waals surface area (Å²) >= 11 is 0. The molecule has 4 nitrogen and oxygen atoms in total. The van der Waals surface area contributed by atoms with Gasteiger partial charge in [-0.25, -0.2) is 4.79 Å². The van der Waals surface area contributed by atoms with Crippen LogP contribution in [-0.2, 0) is 4.74 Å². The summed E-state index contributed by atoms with van der Waals surface area (Å²) in [5, 5.41) is 2.80. The highest BCUT2D eigenvalue weighted by Crippen LogP contribution is 2.38. The number of carbonyl (C=O) groups excluding carboxylic acids is 1. The predicted octanol–water partition coefficient (Wildman–Crippen LogP) is 4.65. The van der Waals surface area contributed by atoms with Crippen LogP contribution in [0.4, 0.5) is 4.79 Å². The van der Waals surface area contributed by atoms with Gasteiger partial charge in [-0.15, -0.1) is 0 Å². The molecule has 0 radical (unpaired) electrons. The van der Waals surface area contributed by atoms with Crippen LogP contribution in [0.15, 0.2) is 35.6 Å². The molecule has 0 aromatic carbocycles. The van der Waals surface area contributed by atoms with E-state index in [4.69, 9.17) is 4.74 Å². The van der Waals surface area contributed by atoms with Crippen LogP contribution in [0.1, 0.15) is 54.4 Å². The van der Waals surface area contributed by atoms with E-state index in [-0.39, 0.29) is 6.09 Å². The van der Waals surface area contributed by atoms with E-state index < -0.39 is 5.60 Å². The predicted molar refractivity (Wildman–Crippen MR) is 98.4 cm³/mol. The van der Waals surface area contributed by atoms with Gasteiger partial charge in [-0.3, -0.25) is 5.32 Å². The smallest absolute Gasteiger partial charge is 0.412 e. The van der Waals surface area contributed by atoms with Crippen molar-refractivity contribution < 1.29 is 9.53 Å². The lowest BCUT2D eigenvalue weighted by molar-refractivity contribution is -0.00817. The second-order valence-electron chi connectivity index (χ2n) is 5.14. The van der Waals surface area contributed by atoms with E-state index in [1.165, 1.54) is 0 Å². The first kappa shape index (κ1) is 21.4. The summed E-state index contributed by atoms with van der Waals surface area (Å²) in [5.41, 5.74) is 1.48. The number of hydrogen-bond acceptors (Lipinski definition) is 3. The topological polar surface area (TPSA) is 41.6 Å². The summed E-state index contributed by atoms with van der Waals surface area (Å²) in [7, 11) is 2.10. The zero-order chi connectivity index (χ0) is 17.9. The van der Waals surface area contributed by atoms with E-state index in [9.17, 15) is 4.79 Å². The summed E-state index contributed by atoms with van der Waals surface area (Å²) in [6, 6.07) is 0. The van der Waals surface area contributed by atoms with Crippen molar-refractivity contribution in [3.8, 4) is 0 Å². The third kappa shape index (κ3) is 5.54. The molecule has 1 amide bonds. The van der Waals surface area contributed by atoms with Gasteiger partial charge in [-0.1, -0.05) is 45.9 Å². The number of likely N-dealkylation sites (tertiary alicyclic amines) is 1. The van der Waals surface area contributed by atoms with E-state index in [0.717, 1.165) is 37.2 Å². The highest BCUT2D eigenvalue weighted by atomic mass is 16.6. The number of nitrogens with one attached hydrogen (secondary N) is 1. The van der Waals surface area contributed by atoms with Gasteiger partial charge in [0.25, 0.3) is 0 Å². The molecule has 0 saturated carbocycles. The Morgan fingerprint density at radius 3 is 2.04 bits per heavy atom. The van der Waals surface area contributed by atoms with Crippen molar-refractivity contribution in [1.82, 2.24) is 10.2 Å². The second kappa shape index (κ2) is 11.1. The minimum absolute atomic E-state index is 0.342. The largest absolute Gasteiger partial charge is 0.438 e. The van der Waals surface area contributed by atoms with E-state index >= 15 is 0 Å². The fourth-order valence-corrected chi connectivity index (χ4v) is 2.74. The minimum Gasteiger partial charge on any atom is -0.438 e. The van der Waals surface area contributed by atoms with Crippen LogP contribution in [-0.4, -0.2) is 36.7 Å².